The van der Waals surface area contributed by atoms with Crippen LogP contribution in [-0.4, -0.2) is 54.3 Å². The highest BCUT2D eigenvalue weighted by atomic mass is 16.5. The Labute approximate surface area is 141 Å². The molecule has 1 aromatic rings. The zero-order valence-corrected chi connectivity index (χ0v) is 13.6. The van der Waals surface area contributed by atoms with Crippen LogP contribution in [0, 0.1) is 5.92 Å². The van der Waals surface area contributed by atoms with Crippen LogP contribution in [0.4, 0.5) is 0 Å². The second kappa shape index (κ2) is 7.66. The van der Waals surface area contributed by atoms with Crippen LogP contribution in [0.15, 0.2) is 24.3 Å². The molecule has 6 heteroatoms. The first-order valence-corrected chi connectivity index (χ1v) is 8.46. The average molecular weight is 333 g/mol. The number of carbonyl (C=O) groups is 2. The van der Waals surface area contributed by atoms with E-state index in [-0.39, 0.29) is 30.9 Å². The molecule has 1 N–H and O–H groups in total. The third kappa shape index (κ3) is 4.06. The maximum absolute atomic E-state index is 12.9. The van der Waals surface area contributed by atoms with Crippen molar-refractivity contribution in [2.75, 3.05) is 26.3 Å². The summed E-state index contributed by atoms with van der Waals surface area (Å²) < 4.78 is 11.3. The molecule has 2 aliphatic rings. The molecule has 1 saturated heterocycles. The Morgan fingerprint density at radius 3 is 2.88 bits per heavy atom. The predicted molar refractivity (Wildman–Crippen MR) is 86.9 cm³/mol. The number of ether oxygens (including phenoxy) is 2. The van der Waals surface area contributed by atoms with Gasteiger partial charge in [-0.25, -0.2) is 0 Å². The summed E-state index contributed by atoms with van der Waals surface area (Å²) in [6.07, 6.45) is 2.50. The maximum Gasteiger partial charge on any atom is 0.305 e. The van der Waals surface area contributed by atoms with E-state index in [1.807, 2.05) is 24.3 Å². The maximum atomic E-state index is 12.9. The van der Waals surface area contributed by atoms with Crippen LogP contribution in [0.2, 0.25) is 0 Å². The lowest BCUT2D eigenvalue weighted by Crippen LogP contribution is -2.45. The highest BCUT2D eigenvalue weighted by molar-refractivity contribution is 5.80. The van der Waals surface area contributed by atoms with Crippen molar-refractivity contribution < 1.29 is 24.2 Å². The van der Waals surface area contributed by atoms with Gasteiger partial charge in [0.25, 0.3) is 0 Å². The second-order valence-corrected chi connectivity index (χ2v) is 6.38. The van der Waals surface area contributed by atoms with E-state index < -0.39 is 5.97 Å². The van der Waals surface area contributed by atoms with Crippen LogP contribution >= 0.6 is 0 Å². The van der Waals surface area contributed by atoms with Crippen LogP contribution in [0.25, 0.3) is 0 Å². The monoisotopic (exact) mass is 333 g/mol. The molecular formula is C18H23NO5. The first-order chi connectivity index (χ1) is 11.6. The molecule has 1 amide bonds. The molecule has 0 aromatic heterocycles. The molecule has 6 nitrogen and oxygen atoms in total. The first kappa shape index (κ1) is 16.8. The molecule has 1 fully saturated rings. The lowest BCUT2D eigenvalue weighted by Gasteiger charge is -2.31. The third-order valence-corrected chi connectivity index (χ3v) is 4.58. The quantitative estimate of drug-likeness (QED) is 0.858. The van der Waals surface area contributed by atoms with Crippen LogP contribution in [-0.2, 0) is 20.7 Å². The zero-order chi connectivity index (χ0) is 16.9. The number of hydrogen-bond acceptors (Lipinski definition) is 4. The van der Waals surface area contributed by atoms with E-state index in [1.54, 1.807) is 4.90 Å². The average Bonchev–Trinajstić information content (AvgIpc) is 3.10. The lowest BCUT2D eigenvalue weighted by atomic mass is 9.95. The minimum Gasteiger partial charge on any atom is -0.492 e. The number of hydrogen-bond donors (Lipinski definition) is 1. The van der Waals surface area contributed by atoms with Crippen molar-refractivity contribution in [3.63, 3.8) is 0 Å². The predicted octanol–water partition coefficient (Wildman–Crippen LogP) is 1.72. The molecule has 0 aliphatic carbocycles. The largest absolute Gasteiger partial charge is 0.492 e. The number of benzene rings is 1. The van der Waals surface area contributed by atoms with Crippen molar-refractivity contribution in [3.05, 3.63) is 29.8 Å². The number of aliphatic carboxylic acids is 1. The fraction of sp³-hybridized carbons (Fsp3) is 0.556. The molecular weight excluding hydrogens is 310 g/mol. The van der Waals surface area contributed by atoms with Gasteiger partial charge in [-0.1, -0.05) is 18.2 Å². The van der Waals surface area contributed by atoms with E-state index in [4.69, 9.17) is 14.6 Å². The Kier molecular flexibility index (Phi) is 5.35. The van der Waals surface area contributed by atoms with Crippen molar-refractivity contribution in [2.24, 2.45) is 5.92 Å². The van der Waals surface area contributed by atoms with E-state index in [1.165, 1.54) is 0 Å². The molecule has 0 saturated carbocycles. The van der Waals surface area contributed by atoms with Crippen molar-refractivity contribution >= 4 is 11.9 Å². The second-order valence-electron chi connectivity index (χ2n) is 6.38. The fourth-order valence-electron chi connectivity index (χ4n) is 3.30. The summed E-state index contributed by atoms with van der Waals surface area (Å²) >= 11 is 0. The van der Waals surface area contributed by atoms with Gasteiger partial charge in [0.1, 0.15) is 12.4 Å². The summed E-state index contributed by atoms with van der Waals surface area (Å²) in [4.78, 5) is 25.5. The fourth-order valence-corrected chi connectivity index (χ4v) is 3.30. The van der Waals surface area contributed by atoms with Crippen molar-refractivity contribution in [1.82, 2.24) is 4.90 Å². The van der Waals surface area contributed by atoms with E-state index in [2.05, 4.69) is 0 Å². The summed E-state index contributed by atoms with van der Waals surface area (Å²) in [5.41, 5.74) is 1.03. The standard InChI is InChI=1S/C18H23NO5/c20-17(21)7-8-19(11-15-5-3-9-23-15)18(22)14-10-13-4-1-2-6-16(13)24-12-14/h1-2,4,6,14-15H,3,5,7-12H2,(H,20,21). The third-order valence-electron chi connectivity index (χ3n) is 4.58. The molecule has 2 unspecified atom stereocenters. The minimum absolute atomic E-state index is 0.0135. The minimum atomic E-state index is -0.898. The van der Waals surface area contributed by atoms with Crippen LogP contribution in [0.3, 0.4) is 0 Å². The number of amides is 1. The molecule has 3 rings (SSSR count). The molecule has 2 atom stereocenters. The Morgan fingerprint density at radius 2 is 2.12 bits per heavy atom. The Balaban J connectivity index is 1.66. The van der Waals surface area contributed by atoms with E-state index >= 15 is 0 Å². The zero-order valence-electron chi connectivity index (χ0n) is 13.6. The summed E-state index contributed by atoms with van der Waals surface area (Å²) in [6.45, 7) is 1.73. The molecule has 0 bridgehead atoms. The highest BCUT2D eigenvalue weighted by Crippen LogP contribution is 2.28. The van der Waals surface area contributed by atoms with Gasteiger partial charge in [-0.15, -0.1) is 0 Å². The van der Waals surface area contributed by atoms with Gasteiger partial charge in [0.15, 0.2) is 0 Å². The number of carbonyl (C=O) groups excluding carboxylic acids is 1. The van der Waals surface area contributed by atoms with Gasteiger partial charge in [-0.2, -0.15) is 0 Å². The molecule has 1 aromatic carbocycles. The van der Waals surface area contributed by atoms with Gasteiger partial charge in [0.2, 0.25) is 5.91 Å². The van der Waals surface area contributed by atoms with Crippen molar-refractivity contribution in [3.8, 4) is 5.75 Å². The smallest absolute Gasteiger partial charge is 0.305 e. The van der Waals surface area contributed by atoms with E-state index in [0.29, 0.717) is 26.2 Å². The molecule has 2 aliphatic heterocycles. The Morgan fingerprint density at radius 1 is 1.29 bits per heavy atom. The Bertz CT molecular complexity index is 597. The van der Waals surface area contributed by atoms with Crippen molar-refractivity contribution in [1.29, 1.82) is 0 Å². The summed E-state index contributed by atoms with van der Waals surface area (Å²) in [5, 5.41) is 8.95. The van der Waals surface area contributed by atoms with Gasteiger partial charge in [-0.05, 0) is 30.9 Å². The van der Waals surface area contributed by atoms with Gasteiger partial charge < -0.3 is 19.5 Å². The number of nitrogens with zero attached hydrogens (tertiary/aromatic N) is 1. The number of carboxylic acid groups (broad SMARTS) is 1. The first-order valence-electron chi connectivity index (χ1n) is 8.46. The molecule has 130 valence electrons. The van der Waals surface area contributed by atoms with Crippen LogP contribution < -0.4 is 4.74 Å². The summed E-state index contributed by atoms with van der Waals surface area (Å²) in [6, 6.07) is 7.72. The highest BCUT2D eigenvalue weighted by Gasteiger charge is 2.31. The number of para-hydroxylation sites is 1. The van der Waals surface area contributed by atoms with E-state index in [0.717, 1.165) is 24.2 Å². The molecule has 0 radical (unpaired) electrons. The van der Waals surface area contributed by atoms with Crippen molar-refractivity contribution in [2.45, 2.75) is 31.8 Å². The van der Waals surface area contributed by atoms with Gasteiger partial charge in [0, 0.05) is 19.7 Å². The van der Waals surface area contributed by atoms with Gasteiger partial charge >= 0.3 is 5.97 Å². The van der Waals surface area contributed by atoms with Crippen LogP contribution in [0.5, 0.6) is 5.75 Å². The van der Waals surface area contributed by atoms with Crippen LogP contribution in [0.1, 0.15) is 24.8 Å². The topological polar surface area (TPSA) is 76.1 Å². The molecule has 24 heavy (non-hydrogen) atoms. The SMILES string of the molecule is O=C(O)CCN(CC1CCCO1)C(=O)C1COc2ccccc2C1. The molecule has 0 spiro atoms. The van der Waals surface area contributed by atoms with Gasteiger partial charge in [0.05, 0.1) is 18.4 Å². The van der Waals surface area contributed by atoms with E-state index in [9.17, 15) is 9.59 Å². The number of fused-ring (bicyclic) bond motifs is 1. The normalized spacial score (nSPS) is 22.5. The summed E-state index contributed by atoms with van der Waals surface area (Å²) in [7, 11) is 0. The number of rotatable bonds is 6. The van der Waals surface area contributed by atoms with Gasteiger partial charge in [-0.3, -0.25) is 9.59 Å². The molecule has 2 heterocycles. The lowest BCUT2D eigenvalue weighted by molar-refractivity contribution is -0.141. The summed E-state index contributed by atoms with van der Waals surface area (Å²) in [5.74, 6) is -0.375. The number of carboxylic acids is 1. The Hall–Kier alpha value is -2.08.